The summed E-state index contributed by atoms with van der Waals surface area (Å²) in [4.78, 5) is 58.2. The molecule has 9 heteroatoms. The van der Waals surface area contributed by atoms with Gasteiger partial charge in [0.15, 0.2) is 0 Å². The van der Waals surface area contributed by atoms with Crippen LogP contribution in [0, 0.1) is 0 Å². The number of anilines is 2. The molecule has 0 saturated heterocycles. The maximum atomic E-state index is 14.3. The van der Waals surface area contributed by atoms with E-state index in [0.29, 0.717) is 11.3 Å². The lowest BCUT2D eigenvalue weighted by atomic mass is 9.80. The molecule has 2 aliphatic heterocycles. The molecule has 5 aromatic rings. The summed E-state index contributed by atoms with van der Waals surface area (Å²) in [5.41, 5.74) is 3.19. The van der Waals surface area contributed by atoms with E-state index in [1.54, 1.807) is 24.3 Å². The van der Waals surface area contributed by atoms with Gasteiger partial charge < -0.3 is 4.42 Å². The number of nitrogens with zero attached hydrogens (tertiary/aromatic N) is 4. The minimum Gasteiger partial charge on any atom is -0.403 e. The number of rotatable bonds is 3. The van der Waals surface area contributed by atoms with E-state index in [-0.39, 0.29) is 55.8 Å². The molecule has 4 aromatic carbocycles. The number of carbonyl (C=O) groups excluding carboxylic acids is 4. The van der Waals surface area contributed by atoms with Crippen molar-refractivity contribution in [1.29, 1.82) is 0 Å². The first kappa shape index (κ1) is 28.3. The summed E-state index contributed by atoms with van der Waals surface area (Å²) < 4.78 is 5.76. The molecule has 0 atom stereocenters. The third kappa shape index (κ3) is 4.22. The molecule has 0 unspecified atom stereocenters. The summed E-state index contributed by atoms with van der Waals surface area (Å²) in [6.45, 7) is 12.3. The monoisotopic (exact) mass is 598 g/mol. The first-order valence-electron chi connectivity index (χ1n) is 14.7. The van der Waals surface area contributed by atoms with Crippen LogP contribution in [0.15, 0.2) is 77.2 Å². The second-order valence-corrected chi connectivity index (χ2v) is 13.5. The molecule has 0 aliphatic carbocycles. The maximum Gasteiger partial charge on any atom is 0.332 e. The van der Waals surface area contributed by atoms with Crippen LogP contribution in [0.1, 0.15) is 94.1 Å². The first-order chi connectivity index (χ1) is 21.3. The van der Waals surface area contributed by atoms with E-state index < -0.39 is 23.6 Å². The molecule has 1 aromatic heterocycles. The highest BCUT2D eigenvalue weighted by atomic mass is 16.4. The highest BCUT2D eigenvalue weighted by molar-refractivity contribution is 6.42. The second-order valence-electron chi connectivity index (χ2n) is 13.5. The number of benzene rings is 4. The Bertz CT molecular complexity index is 2040. The van der Waals surface area contributed by atoms with E-state index in [9.17, 15) is 19.2 Å². The Morgan fingerprint density at radius 2 is 1.09 bits per heavy atom. The fraction of sp³-hybridized carbons (Fsp3) is 0.222. The first-order valence-corrected chi connectivity index (χ1v) is 14.7. The number of hydrogen-bond acceptors (Lipinski definition) is 7. The van der Waals surface area contributed by atoms with Crippen LogP contribution >= 0.6 is 0 Å². The van der Waals surface area contributed by atoms with Gasteiger partial charge in [-0.15, -0.1) is 5.10 Å². The molecule has 7 rings (SSSR count). The Labute approximate surface area is 259 Å². The molecule has 4 amide bonds. The van der Waals surface area contributed by atoms with E-state index in [1.807, 2.05) is 57.2 Å². The maximum absolute atomic E-state index is 14.3. The molecule has 45 heavy (non-hydrogen) atoms. The van der Waals surface area contributed by atoms with Crippen molar-refractivity contribution in [3.8, 4) is 11.5 Å². The summed E-state index contributed by atoms with van der Waals surface area (Å²) >= 11 is 0. The van der Waals surface area contributed by atoms with Crippen molar-refractivity contribution >= 4 is 46.1 Å². The normalized spacial score (nSPS) is 15.0. The van der Waals surface area contributed by atoms with E-state index in [2.05, 4.69) is 31.0 Å². The SMILES string of the molecule is CC(C)(C)c1ccc(C(C)(C)C)c(N2C(=O)c3ccc4c5c(ccc(c35)C2=O)C(=O)N(c2nnc(-c3ccccc3)o2)C4=O)c1. The Hall–Kier alpha value is -5.44. The minimum absolute atomic E-state index is 0.156. The second kappa shape index (κ2) is 9.53. The Kier molecular flexibility index (Phi) is 6.00. The van der Waals surface area contributed by atoms with Gasteiger partial charge in [-0.05, 0) is 64.4 Å². The Morgan fingerprint density at radius 3 is 1.58 bits per heavy atom. The molecule has 0 N–H and O–H groups in total. The Balaban J connectivity index is 1.36. The van der Waals surface area contributed by atoms with Gasteiger partial charge in [-0.3, -0.25) is 19.2 Å². The van der Waals surface area contributed by atoms with Gasteiger partial charge in [0.25, 0.3) is 23.6 Å². The van der Waals surface area contributed by atoms with Gasteiger partial charge in [-0.25, -0.2) is 4.90 Å². The van der Waals surface area contributed by atoms with Crippen LogP contribution in [0.5, 0.6) is 0 Å². The summed E-state index contributed by atoms with van der Waals surface area (Å²) in [5.74, 6) is -2.24. The number of hydrogen-bond donors (Lipinski definition) is 0. The average Bonchev–Trinajstić information content (AvgIpc) is 3.48. The lowest BCUT2D eigenvalue weighted by Gasteiger charge is -2.34. The van der Waals surface area contributed by atoms with Crippen molar-refractivity contribution in [2.75, 3.05) is 9.80 Å². The summed E-state index contributed by atoms with van der Waals surface area (Å²) in [5, 5.41) is 8.57. The molecule has 0 radical (unpaired) electrons. The Morgan fingerprint density at radius 1 is 0.578 bits per heavy atom. The lowest BCUT2D eigenvalue weighted by molar-refractivity contribution is 0.0868. The molecular formula is C36H30N4O5. The zero-order valence-corrected chi connectivity index (χ0v) is 25.8. The topological polar surface area (TPSA) is 114 Å². The predicted octanol–water partition coefficient (Wildman–Crippen LogP) is 7.09. The fourth-order valence-corrected chi connectivity index (χ4v) is 6.09. The zero-order valence-electron chi connectivity index (χ0n) is 25.8. The molecule has 9 nitrogen and oxygen atoms in total. The average molecular weight is 599 g/mol. The van der Waals surface area contributed by atoms with E-state index >= 15 is 0 Å². The van der Waals surface area contributed by atoms with Crippen molar-refractivity contribution in [3.63, 3.8) is 0 Å². The third-order valence-corrected chi connectivity index (χ3v) is 8.43. The van der Waals surface area contributed by atoms with Crippen LogP contribution in [0.3, 0.4) is 0 Å². The number of amides is 4. The van der Waals surface area contributed by atoms with Gasteiger partial charge in [-0.2, -0.15) is 4.90 Å². The molecule has 0 spiro atoms. The van der Waals surface area contributed by atoms with E-state index in [1.165, 1.54) is 17.0 Å². The summed E-state index contributed by atoms with van der Waals surface area (Å²) in [7, 11) is 0. The van der Waals surface area contributed by atoms with Gasteiger partial charge in [0, 0.05) is 38.6 Å². The molecule has 0 saturated carbocycles. The molecule has 0 fully saturated rings. The molecule has 0 bridgehead atoms. The van der Waals surface area contributed by atoms with Crippen LogP contribution < -0.4 is 9.80 Å². The molecular weight excluding hydrogens is 568 g/mol. The van der Waals surface area contributed by atoms with Crippen molar-refractivity contribution in [1.82, 2.24) is 10.2 Å². The van der Waals surface area contributed by atoms with E-state index in [0.717, 1.165) is 16.0 Å². The third-order valence-electron chi connectivity index (χ3n) is 8.43. The highest BCUT2D eigenvalue weighted by Gasteiger charge is 2.43. The number of aromatic nitrogens is 2. The van der Waals surface area contributed by atoms with Gasteiger partial charge in [0.05, 0.1) is 5.69 Å². The van der Waals surface area contributed by atoms with Crippen LogP contribution in [-0.4, -0.2) is 33.8 Å². The highest BCUT2D eigenvalue weighted by Crippen LogP contribution is 2.43. The largest absolute Gasteiger partial charge is 0.403 e. The smallest absolute Gasteiger partial charge is 0.332 e. The van der Waals surface area contributed by atoms with Crippen molar-refractivity contribution in [2.24, 2.45) is 0 Å². The van der Waals surface area contributed by atoms with Gasteiger partial charge >= 0.3 is 6.01 Å². The summed E-state index contributed by atoms with van der Waals surface area (Å²) in [6.07, 6.45) is 0. The van der Waals surface area contributed by atoms with E-state index in [4.69, 9.17) is 4.42 Å². The summed E-state index contributed by atoms with van der Waals surface area (Å²) in [6, 6.07) is 20.8. The standard InChI is InChI=1S/C36H30N4O5/c1-35(2,3)20-12-17-25(36(4,5)6)26(18-20)39-30(41)21-13-15-23-28-24(16-14-22(27(21)28)31(39)42)33(44)40(32(23)43)34-38-37-29(45-34)19-10-8-7-9-11-19/h7-18H,1-6H3. The van der Waals surface area contributed by atoms with Gasteiger partial charge in [-0.1, -0.05) is 77.0 Å². The zero-order chi connectivity index (χ0) is 32.0. The quantitative estimate of drug-likeness (QED) is 0.204. The van der Waals surface area contributed by atoms with Gasteiger partial charge in [0.1, 0.15) is 0 Å². The van der Waals surface area contributed by atoms with Crippen LogP contribution in [-0.2, 0) is 10.8 Å². The number of imide groups is 2. The van der Waals surface area contributed by atoms with Crippen molar-refractivity contribution < 1.29 is 23.6 Å². The van der Waals surface area contributed by atoms with Crippen LogP contribution in [0.4, 0.5) is 11.7 Å². The van der Waals surface area contributed by atoms with Crippen LogP contribution in [0.2, 0.25) is 0 Å². The fourth-order valence-electron chi connectivity index (χ4n) is 6.09. The predicted molar refractivity (Wildman–Crippen MR) is 170 cm³/mol. The molecule has 3 heterocycles. The number of carbonyl (C=O) groups is 4. The lowest BCUT2D eigenvalue weighted by Crippen LogP contribution is -2.44. The van der Waals surface area contributed by atoms with Gasteiger partial charge in [0.2, 0.25) is 5.89 Å². The molecule has 2 aliphatic rings. The minimum atomic E-state index is -0.685. The van der Waals surface area contributed by atoms with Crippen LogP contribution in [0.25, 0.3) is 22.2 Å². The molecule has 224 valence electrons. The van der Waals surface area contributed by atoms with Crippen molar-refractivity contribution in [3.05, 3.63) is 106 Å². The van der Waals surface area contributed by atoms with Crippen molar-refractivity contribution in [2.45, 2.75) is 52.4 Å².